The van der Waals surface area contributed by atoms with Crippen molar-refractivity contribution >= 4 is 17.7 Å². The number of amides is 3. The zero-order valence-electron chi connectivity index (χ0n) is 26.3. The molecule has 0 radical (unpaired) electrons. The summed E-state index contributed by atoms with van der Waals surface area (Å²) in [5.74, 6) is 1.30. The predicted molar refractivity (Wildman–Crippen MR) is 172 cm³/mol. The van der Waals surface area contributed by atoms with E-state index in [1.165, 1.54) is 7.11 Å². The molecule has 3 amide bonds. The number of nitrogens with zero attached hydrogens (tertiary/aromatic N) is 3. The van der Waals surface area contributed by atoms with E-state index in [0.29, 0.717) is 60.2 Å². The van der Waals surface area contributed by atoms with Crippen molar-refractivity contribution in [1.29, 1.82) is 0 Å². The van der Waals surface area contributed by atoms with E-state index >= 15 is 0 Å². The summed E-state index contributed by atoms with van der Waals surface area (Å²) in [6.45, 7) is 0.619. The summed E-state index contributed by atoms with van der Waals surface area (Å²) in [5.41, 5.74) is 2.83. The van der Waals surface area contributed by atoms with E-state index in [1.807, 2.05) is 36.4 Å². The molecule has 1 fully saturated rings. The van der Waals surface area contributed by atoms with Gasteiger partial charge in [-0.05, 0) is 54.4 Å². The van der Waals surface area contributed by atoms with Crippen LogP contribution in [0.3, 0.4) is 0 Å². The summed E-state index contributed by atoms with van der Waals surface area (Å²) < 4.78 is 25.1. The van der Waals surface area contributed by atoms with Gasteiger partial charge in [0, 0.05) is 56.5 Å². The van der Waals surface area contributed by atoms with Gasteiger partial charge in [-0.2, -0.15) is 5.10 Å². The molecule has 0 spiro atoms. The lowest BCUT2D eigenvalue weighted by atomic mass is 10.00. The zero-order valence-corrected chi connectivity index (χ0v) is 26.3. The van der Waals surface area contributed by atoms with Crippen molar-refractivity contribution in [2.24, 2.45) is 0 Å². The number of carbonyl (C=O) groups is 3. The lowest BCUT2D eigenvalue weighted by molar-refractivity contribution is -0.125. The maximum Gasteiger partial charge on any atom is 0.258 e. The highest BCUT2D eigenvalue weighted by Gasteiger charge is 2.35. The van der Waals surface area contributed by atoms with Crippen molar-refractivity contribution in [2.45, 2.75) is 38.0 Å². The van der Waals surface area contributed by atoms with Crippen LogP contribution in [0.5, 0.6) is 23.0 Å². The Labute approximate surface area is 272 Å². The average Bonchev–Trinajstić information content (AvgIpc) is 3.64. The Kier molecular flexibility index (Phi) is 9.56. The van der Waals surface area contributed by atoms with E-state index in [0.717, 1.165) is 11.1 Å². The first kappa shape index (κ1) is 31.5. The summed E-state index contributed by atoms with van der Waals surface area (Å²) in [6, 6.07) is 19.4. The predicted octanol–water partition coefficient (Wildman–Crippen LogP) is 3.31. The fraction of sp³-hybridized carbons (Fsp3) is 0.314. The van der Waals surface area contributed by atoms with Gasteiger partial charge in [0.25, 0.3) is 11.8 Å². The second kappa shape index (κ2) is 14.3. The van der Waals surface area contributed by atoms with Gasteiger partial charge in [-0.15, -0.1) is 0 Å². The topological polar surface area (TPSA) is 133 Å². The Bertz CT molecular complexity index is 1740. The number of hydrogen-bond donors (Lipinski definition) is 2. The number of aryl methyl sites for hydroxylation is 1. The normalized spacial score (nSPS) is 18.6. The van der Waals surface area contributed by atoms with Crippen LogP contribution in [-0.4, -0.2) is 78.5 Å². The van der Waals surface area contributed by atoms with Gasteiger partial charge in [-0.25, -0.2) is 4.68 Å². The minimum atomic E-state index is -0.555. The number of ether oxygens (including phenoxy) is 4. The fourth-order valence-electron chi connectivity index (χ4n) is 5.87. The number of methoxy groups -OCH3 is 2. The van der Waals surface area contributed by atoms with Gasteiger partial charge >= 0.3 is 0 Å². The third kappa shape index (κ3) is 7.32. The van der Waals surface area contributed by atoms with Gasteiger partial charge < -0.3 is 34.5 Å². The van der Waals surface area contributed by atoms with Gasteiger partial charge in [0.2, 0.25) is 5.91 Å². The van der Waals surface area contributed by atoms with Gasteiger partial charge in [-0.3, -0.25) is 14.4 Å². The molecule has 4 aromatic rings. The van der Waals surface area contributed by atoms with E-state index in [4.69, 9.17) is 18.9 Å². The number of nitrogens with one attached hydrogen (secondary N) is 2. The van der Waals surface area contributed by atoms with Crippen molar-refractivity contribution in [3.05, 3.63) is 95.8 Å². The number of benzene rings is 3. The molecule has 12 heteroatoms. The molecule has 2 N–H and O–H groups in total. The molecular formula is C35H37N5O7. The summed E-state index contributed by atoms with van der Waals surface area (Å²) in [4.78, 5) is 41.7. The summed E-state index contributed by atoms with van der Waals surface area (Å²) in [5, 5.41) is 10.3. The first-order chi connectivity index (χ1) is 22.9. The average molecular weight is 640 g/mol. The lowest BCUT2D eigenvalue weighted by Gasteiger charge is -2.39. The summed E-state index contributed by atoms with van der Waals surface area (Å²) in [6.07, 6.45) is 4.18. The zero-order chi connectivity index (χ0) is 32.8. The highest BCUT2D eigenvalue weighted by Crippen LogP contribution is 2.30. The van der Waals surface area contributed by atoms with Crippen LogP contribution in [0.2, 0.25) is 0 Å². The van der Waals surface area contributed by atoms with Crippen LogP contribution >= 0.6 is 0 Å². The molecule has 7 rings (SSSR count). The molecule has 0 aliphatic carbocycles. The minimum Gasteiger partial charge on any atom is -0.496 e. The van der Waals surface area contributed by atoms with Crippen LogP contribution in [-0.2, 0) is 22.6 Å². The molecule has 4 heterocycles. The van der Waals surface area contributed by atoms with Gasteiger partial charge in [0.1, 0.15) is 17.6 Å². The number of fused-ring (bicyclic) bond motifs is 9. The summed E-state index contributed by atoms with van der Waals surface area (Å²) >= 11 is 0. The van der Waals surface area contributed by atoms with Gasteiger partial charge in [0.05, 0.1) is 31.5 Å². The van der Waals surface area contributed by atoms with Crippen molar-refractivity contribution in [3.63, 3.8) is 0 Å². The van der Waals surface area contributed by atoms with E-state index in [-0.39, 0.29) is 37.3 Å². The highest BCUT2D eigenvalue weighted by atomic mass is 16.5. The quantitative estimate of drug-likeness (QED) is 0.348. The molecule has 1 saturated heterocycles. The molecule has 244 valence electrons. The number of piperidine rings is 1. The molecule has 1 aromatic heterocycles. The van der Waals surface area contributed by atoms with Crippen molar-refractivity contribution in [2.75, 3.05) is 33.9 Å². The Morgan fingerprint density at radius 2 is 1.81 bits per heavy atom. The van der Waals surface area contributed by atoms with Crippen LogP contribution < -0.4 is 29.6 Å². The van der Waals surface area contributed by atoms with Crippen LogP contribution in [0.4, 0.5) is 0 Å². The molecule has 3 aliphatic heterocycles. The second-order valence-corrected chi connectivity index (χ2v) is 11.4. The maximum atomic E-state index is 13.9. The Morgan fingerprint density at radius 3 is 2.62 bits per heavy atom. The van der Waals surface area contributed by atoms with Crippen molar-refractivity contribution < 1.29 is 33.3 Å². The first-order valence-corrected chi connectivity index (χ1v) is 15.5. The van der Waals surface area contributed by atoms with E-state index in [2.05, 4.69) is 15.7 Å². The smallest absolute Gasteiger partial charge is 0.258 e. The van der Waals surface area contributed by atoms with Crippen LogP contribution in [0, 0.1) is 0 Å². The lowest BCUT2D eigenvalue weighted by Crippen LogP contribution is -2.58. The molecule has 47 heavy (non-hydrogen) atoms. The third-order valence-electron chi connectivity index (χ3n) is 8.32. The van der Waals surface area contributed by atoms with E-state index < -0.39 is 12.1 Å². The number of carbonyl (C=O) groups excluding carboxylic acids is 3. The van der Waals surface area contributed by atoms with Crippen molar-refractivity contribution in [1.82, 2.24) is 25.3 Å². The molecule has 4 bridgehead atoms. The number of para-hydroxylation sites is 1. The number of rotatable bonds is 4. The molecule has 3 aliphatic rings. The fourth-order valence-corrected chi connectivity index (χ4v) is 5.87. The largest absolute Gasteiger partial charge is 0.496 e. The third-order valence-corrected chi connectivity index (χ3v) is 8.32. The standard InChI is InChI=1S/C35H37N5O7/c1-44-30-12-8-23-9-13-33(41)36-20-24-10-11-25(19-31(24)45-2)47-29-14-17-39(21-27(29)38-34(42)22-46-32(30)18-23)35(43)26-6-3-4-7-28(26)40-16-5-15-37-40/h3-8,10-12,15-16,18-19,27,29H,9,13-14,17,20-22H2,1-2H3,(H,36,41)(H,38,42)/t27-,29+/m1/s1. The maximum absolute atomic E-state index is 13.9. The van der Waals surface area contributed by atoms with Gasteiger partial charge in [-0.1, -0.05) is 18.2 Å². The Balaban J connectivity index is 1.28. The monoisotopic (exact) mass is 639 g/mol. The molecule has 2 atom stereocenters. The van der Waals surface area contributed by atoms with Crippen LogP contribution in [0.1, 0.15) is 34.3 Å². The number of likely N-dealkylation sites (tertiary alicyclic amines) is 1. The molecular weight excluding hydrogens is 602 g/mol. The number of hydrogen-bond acceptors (Lipinski definition) is 8. The molecule has 3 aromatic carbocycles. The molecule has 12 nitrogen and oxygen atoms in total. The van der Waals surface area contributed by atoms with Gasteiger partial charge in [0.15, 0.2) is 18.1 Å². The van der Waals surface area contributed by atoms with Crippen LogP contribution in [0.25, 0.3) is 5.69 Å². The van der Waals surface area contributed by atoms with E-state index in [1.54, 1.807) is 59.4 Å². The Morgan fingerprint density at radius 1 is 0.957 bits per heavy atom. The number of aromatic nitrogens is 2. The summed E-state index contributed by atoms with van der Waals surface area (Å²) in [7, 11) is 3.09. The molecule has 0 saturated carbocycles. The highest BCUT2D eigenvalue weighted by molar-refractivity contribution is 5.98. The van der Waals surface area contributed by atoms with E-state index in [9.17, 15) is 14.4 Å². The Hall–Kier alpha value is -5.52. The SMILES string of the molecule is COc1cc2ccc1CNC(=O)CCc1ccc(OC)c(c1)OCC(=O)N[C@@H]1CN(C(=O)c3ccccc3-n3cccn3)CC[C@@H]1O2. The first-order valence-electron chi connectivity index (χ1n) is 15.5. The second-order valence-electron chi connectivity index (χ2n) is 11.4. The van der Waals surface area contributed by atoms with Crippen molar-refractivity contribution in [3.8, 4) is 28.7 Å². The minimum absolute atomic E-state index is 0.112. The molecule has 0 unspecified atom stereocenters. The van der Waals surface area contributed by atoms with Crippen LogP contribution in [0.15, 0.2) is 79.1 Å².